The van der Waals surface area contributed by atoms with Crippen LogP contribution in [0.4, 0.5) is 5.69 Å². The van der Waals surface area contributed by atoms with Crippen LogP contribution in [0.2, 0.25) is 0 Å². The molecule has 1 aliphatic rings. The number of carbonyl (C=O) groups excluding carboxylic acids is 1. The number of nitrogens with one attached hydrogen (secondary N) is 2. The van der Waals surface area contributed by atoms with Crippen molar-refractivity contribution in [3.05, 3.63) is 12.0 Å². The highest BCUT2D eigenvalue weighted by Gasteiger charge is 2.22. The third-order valence-corrected chi connectivity index (χ3v) is 2.13. The lowest BCUT2D eigenvalue weighted by Crippen LogP contribution is -2.36. The maximum Gasteiger partial charge on any atom is 0.242 e. The van der Waals surface area contributed by atoms with Gasteiger partial charge in [0, 0.05) is 0 Å². The zero-order valence-corrected chi connectivity index (χ0v) is 7.33. The molecule has 0 fully saturated rings. The Morgan fingerprint density at radius 1 is 1.77 bits per heavy atom. The summed E-state index contributed by atoms with van der Waals surface area (Å²) in [7, 11) is 0. The molecule has 5 nitrogen and oxygen atoms in total. The van der Waals surface area contributed by atoms with Gasteiger partial charge in [-0.15, -0.1) is 0 Å². The van der Waals surface area contributed by atoms with E-state index in [1.165, 1.54) is 6.26 Å². The van der Waals surface area contributed by atoms with Crippen molar-refractivity contribution >= 4 is 11.6 Å². The van der Waals surface area contributed by atoms with E-state index >= 15 is 0 Å². The minimum atomic E-state index is -0.180. The molecule has 0 aromatic carbocycles. The number of hydrogen-bond acceptors (Lipinski definition) is 4. The van der Waals surface area contributed by atoms with Crippen LogP contribution in [0.15, 0.2) is 10.8 Å². The minimum absolute atomic E-state index is 0.0144. The van der Waals surface area contributed by atoms with Gasteiger partial charge in [-0.2, -0.15) is 0 Å². The van der Waals surface area contributed by atoms with E-state index in [-0.39, 0.29) is 11.9 Å². The van der Waals surface area contributed by atoms with Crippen molar-refractivity contribution in [1.82, 2.24) is 10.5 Å². The Hall–Kier alpha value is -1.52. The van der Waals surface area contributed by atoms with Crippen LogP contribution in [0.3, 0.4) is 0 Å². The average molecular weight is 181 g/mol. The number of fused-ring (bicyclic) bond motifs is 1. The smallest absolute Gasteiger partial charge is 0.242 e. The van der Waals surface area contributed by atoms with Crippen LogP contribution in [-0.4, -0.2) is 17.1 Å². The first kappa shape index (κ1) is 8.10. The van der Waals surface area contributed by atoms with Crippen LogP contribution in [0.25, 0.3) is 0 Å². The SMILES string of the molecule is CCC1Nc2conc2CNC1=O. The highest BCUT2D eigenvalue weighted by atomic mass is 16.5. The maximum atomic E-state index is 11.4. The normalized spacial score (nSPS) is 21.3. The summed E-state index contributed by atoms with van der Waals surface area (Å²) in [6.07, 6.45) is 2.27. The van der Waals surface area contributed by atoms with Crippen molar-refractivity contribution in [2.75, 3.05) is 5.32 Å². The topological polar surface area (TPSA) is 67.2 Å². The number of carbonyl (C=O) groups is 1. The second-order valence-electron chi connectivity index (χ2n) is 3.00. The molecule has 2 rings (SSSR count). The molecular formula is C8H11N3O2. The Balaban J connectivity index is 2.25. The van der Waals surface area contributed by atoms with Crippen LogP contribution in [0.5, 0.6) is 0 Å². The van der Waals surface area contributed by atoms with Gasteiger partial charge in [-0.25, -0.2) is 0 Å². The van der Waals surface area contributed by atoms with Gasteiger partial charge in [-0.1, -0.05) is 12.1 Å². The molecule has 0 saturated carbocycles. The Morgan fingerprint density at radius 3 is 3.38 bits per heavy atom. The van der Waals surface area contributed by atoms with Gasteiger partial charge in [0.15, 0.2) is 0 Å². The fraction of sp³-hybridized carbons (Fsp3) is 0.500. The molecule has 0 radical (unpaired) electrons. The molecule has 1 atom stereocenters. The van der Waals surface area contributed by atoms with E-state index in [9.17, 15) is 4.79 Å². The lowest BCUT2D eigenvalue weighted by Gasteiger charge is -2.11. The molecule has 13 heavy (non-hydrogen) atoms. The molecule has 1 unspecified atom stereocenters. The summed E-state index contributed by atoms with van der Waals surface area (Å²) >= 11 is 0. The largest absolute Gasteiger partial charge is 0.369 e. The molecule has 0 aliphatic carbocycles. The van der Waals surface area contributed by atoms with E-state index in [1.54, 1.807) is 0 Å². The van der Waals surface area contributed by atoms with Gasteiger partial charge < -0.3 is 15.2 Å². The predicted octanol–water partition coefficient (Wildman–Crippen LogP) is 0.495. The fourth-order valence-electron chi connectivity index (χ4n) is 1.34. The van der Waals surface area contributed by atoms with Gasteiger partial charge in [-0.3, -0.25) is 4.79 Å². The van der Waals surface area contributed by atoms with Crippen LogP contribution in [0, 0.1) is 0 Å². The summed E-state index contributed by atoms with van der Waals surface area (Å²) in [6, 6.07) is -0.180. The van der Waals surface area contributed by atoms with Crippen LogP contribution in [0.1, 0.15) is 19.0 Å². The summed E-state index contributed by atoms with van der Waals surface area (Å²) in [5.74, 6) is 0.0144. The second kappa shape index (κ2) is 3.08. The number of amides is 1. The van der Waals surface area contributed by atoms with Crippen molar-refractivity contribution in [2.24, 2.45) is 0 Å². The van der Waals surface area contributed by atoms with E-state index in [1.807, 2.05) is 6.92 Å². The number of nitrogens with zero attached hydrogens (tertiary/aromatic N) is 1. The zero-order valence-electron chi connectivity index (χ0n) is 7.33. The summed E-state index contributed by atoms with van der Waals surface area (Å²) < 4.78 is 4.79. The van der Waals surface area contributed by atoms with E-state index in [4.69, 9.17) is 4.52 Å². The number of rotatable bonds is 1. The van der Waals surface area contributed by atoms with E-state index < -0.39 is 0 Å². The molecule has 1 aromatic rings. The molecule has 1 aliphatic heterocycles. The molecule has 70 valence electrons. The van der Waals surface area contributed by atoms with Gasteiger partial charge >= 0.3 is 0 Å². The fourth-order valence-corrected chi connectivity index (χ4v) is 1.34. The third kappa shape index (κ3) is 1.37. The van der Waals surface area contributed by atoms with Crippen molar-refractivity contribution in [3.8, 4) is 0 Å². The Labute approximate surface area is 75.5 Å². The summed E-state index contributed by atoms with van der Waals surface area (Å²) in [5.41, 5.74) is 1.56. The Kier molecular flexibility index (Phi) is 1.92. The van der Waals surface area contributed by atoms with Gasteiger partial charge in [0.25, 0.3) is 0 Å². The lowest BCUT2D eigenvalue weighted by molar-refractivity contribution is -0.121. The van der Waals surface area contributed by atoms with Crippen molar-refractivity contribution in [2.45, 2.75) is 25.9 Å². The Bertz CT molecular complexity index is 321. The number of anilines is 1. The van der Waals surface area contributed by atoms with E-state index in [2.05, 4.69) is 15.8 Å². The maximum absolute atomic E-state index is 11.4. The monoisotopic (exact) mass is 181 g/mol. The molecule has 1 amide bonds. The van der Waals surface area contributed by atoms with E-state index in [0.717, 1.165) is 17.8 Å². The van der Waals surface area contributed by atoms with Crippen molar-refractivity contribution < 1.29 is 9.32 Å². The highest BCUT2D eigenvalue weighted by Crippen LogP contribution is 2.17. The Morgan fingerprint density at radius 2 is 2.62 bits per heavy atom. The first-order valence-corrected chi connectivity index (χ1v) is 4.28. The molecule has 2 heterocycles. The van der Waals surface area contributed by atoms with Gasteiger partial charge in [0.05, 0.1) is 6.54 Å². The van der Waals surface area contributed by atoms with E-state index in [0.29, 0.717) is 6.54 Å². The quantitative estimate of drug-likeness (QED) is 0.661. The first-order valence-electron chi connectivity index (χ1n) is 4.28. The molecule has 1 aromatic heterocycles. The molecule has 5 heteroatoms. The molecule has 0 saturated heterocycles. The van der Waals surface area contributed by atoms with Crippen LogP contribution in [-0.2, 0) is 11.3 Å². The van der Waals surface area contributed by atoms with Gasteiger partial charge in [0.1, 0.15) is 23.7 Å². The number of hydrogen-bond donors (Lipinski definition) is 2. The third-order valence-electron chi connectivity index (χ3n) is 2.13. The predicted molar refractivity (Wildman–Crippen MR) is 46.1 cm³/mol. The van der Waals surface area contributed by atoms with Crippen LogP contribution < -0.4 is 10.6 Å². The van der Waals surface area contributed by atoms with Crippen molar-refractivity contribution in [3.63, 3.8) is 0 Å². The summed E-state index contributed by atoms with van der Waals surface area (Å²) in [6.45, 7) is 2.39. The number of aromatic nitrogens is 1. The van der Waals surface area contributed by atoms with Gasteiger partial charge in [-0.05, 0) is 6.42 Å². The van der Waals surface area contributed by atoms with Crippen LogP contribution >= 0.6 is 0 Å². The summed E-state index contributed by atoms with van der Waals surface area (Å²) in [5, 5.41) is 9.60. The first-order chi connectivity index (χ1) is 6.31. The standard InChI is InChI=1S/C8H11N3O2/c1-2-5-8(12)9-3-6-7(10-5)4-13-11-6/h4-5,10H,2-3H2,1H3,(H,9,12). The average Bonchev–Trinajstić information content (AvgIpc) is 2.52. The second-order valence-corrected chi connectivity index (χ2v) is 3.00. The highest BCUT2D eigenvalue weighted by molar-refractivity contribution is 5.85. The lowest BCUT2D eigenvalue weighted by atomic mass is 10.2. The van der Waals surface area contributed by atoms with Gasteiger partial charge in [0.2, 0.25) is 5.91 Å². The minimum Gasteiger partial charge on any atom is -0.369 e. The van der Waals surface area contributed by atoms with Crippen molar-refractivity contribution in [1.29, 1.82) is 0 Å². The molecule has 0 bridgehead atoms. The molecular weight excluding hydrogens is 170 g/mol. The zero-order chi connectivity index (χ0) is 9.26. The molecule has 2 N–H and O–H groups in total. The summed E-state index contributed by atoms with van der Waals surface area (Å²) in [4.78, 5) is 11.4. The molecule has 0 spiro atoms.